The van der Waals surface area contributed by atoms with Crippen molar-refractivity contribution in [3.05, 3.63) is 29.6 Å². The second-order valence-electron chi connectivity index (χ2n) is 4.16. The van der Waals surface area contributed by atoms with Gasteiger partial charge in [-0.1, -0.05) is 0 Å². The fraction of sp³-hybridized carbons (Fsp3) is 0.538. The molecule has 1 rings (SSSR count). The number of carbonyl (C=O) groups is 1. The van der Waals surface area contributed by atoms with Crippen molar-refractivity contribution in [1.29, 1.82) is 0 Å². The number of aromatic nitrogens is 1. The van der Waals surface area contributed by atoms with Crippen LogP contribution in [0.5, 0.6) is 0 Å². The Hall–Kier alpha value is -1.11. The third kappa shape index (κ3) is 4.81. The van der Waals surface area contributed by atoms with Gasteiger partial charge in [0.05, 0.1) is 25.0 Å². The number of aliphatic hydroxyl groups excluding tert-OH is 1. The summed E-state index contributed by atoms with van der Waals surface area (Å²) in [4.78, 5) is 15.4. The van der Waals surface area contributed by atoms with Gasteiger partial charge in [0.2, 0.25) is 0 Å². The van der Waals surface area contributed by atoms with Crippen LogP contribution in [0.25, 0.3) is 0 Å². The van der Waals surface area contributed by atoms with E-state index in [1.165, 1.54) is 13.3 Å². The maximum absolute atomic E-state index is 11.2. The normalized spacial score (nSPS) is 13.9. The van der Waals surface area contributed by atoms with Gasteiger partial charge in [-0.3, -0.25) is 4.98 Å². The lowest BCUT2D eigenvalue weighted by molar-refractivity contribution is 0.0600. The molecule has 106 valence electrons. The summed E-state index contributed by atoms with van der Waals surface area (Å²) in [6.07, 6.45) is 3.48. The Balaban J connectivity index is 2.52. The predicted octanol–water partition coefficient (Wildman–Crippen LogP) is 1.07. The van der Waals surface area contributed by atoms with E-state index in [0.29, 0.717) is 12.1 Å². The number of thioether (sulfide) groups is 1. The number of rotatable bonds is 7. The minimum Gasteiger partial charge on any atom is -0.465 e. The Bertz CT molecular complexity index is 393. The summed E-state index contributed by atoms with van der Waals surface area (Å²) in [6, 6.07) is 3.67. The average molecular weight is 284 g/mol. The standard InChI is InChI=1S/C13H20N2O3S/c1-9(12(8-16)19-3)14-7-11-5-4-10(6-15-11)13(17)18-2/h4-6,9,12,14,16H,7-8H2,1-3H3. The number of ether oxygens (including phenoxy) is 1. The van der Waals surface area contributed by atoms with Gasteiger partial charge < -0.3 is 15.2 Å². The van der Waals surface area contributed by atoms with Gasteiger partial charge in [0, 0.05) is 24.0 Å². The van der Waals surface area contributed by atoms with Crippen molar-refractivity contribution in [2.24, 2.45) is 0 Å². The Kier molecular flexibility index (Phi) is 6.83. The Morgan fingerprint density at radius 2 is 2.32 bits per heavy atom. The van der Waals surface area contributed by atoms with Crippen LogP contribution >= 0.6 is 11.8 Å². The summed E-state index contributed by atoms with van der Waals surface area (Å²) in [6.45, 7) is 2.77. The molecule has 1 aromatic rings. The molecule has 0 aliphatic carbocycles. The van der Waals surface area contributed by atoms with Crippen LogP contribution < -0.4 is 5.32 Å². The molecule has 6 heteroatoms. The van der Waals surface area contributed by atoms with Crippen molar-refractivity contribution < 1.29 is 14.6 Å². The molecular weight excluding hydrogens is 264 g/mol. The van der Waals surface area contributed by atoms with E-state index in [4.69, 9.17) is 0 Å². The smallest absolute Gasteiger partial charge is 0.339 e. The number of hydrogen-bond acceptors (Lipinski definition) is 6. The number of esters is 1. The molecule has 0 amide bonds. The first-order chi connectivity index (χ1) is 9.12. The lowest BCUT2D eigenvalue weighted by Gasteiger charge is -2.21. The molecule has 0 aliphatic heterocycles. The number of carbonyl (C=O) groups excluding carboxylic acids is 1. The molecule has 0 fully saturated rings. The first kappa shape index (κ1) is 15.9. The lowest BCUT2D eigenvalue weighted by Crippen LogP contribution is -2.37. The van der Waals surface area contributed by atoms with E-state index >= 15 is 0 Å². The highest BCUT2D eigenvalue weighted by Gasteiger charge is 2.14. The molecule has 0 saturated heterocycles. The molecule has 0 saturated carbocycles. The van der Waals surface area contributed by atoms with E-state index in [0.717, 1.165) is 5.69 Å². The largest absolute Gasteiger partial charge is 0.465 e. The third-order valence-electron chi connectivity index (χ3n) is 2.89. The van der Waals surface area contributed by atoms with Crippen molar-refractivity contribution in [3.8, 4) is 0 Å². The summed E-state index contributed by atoms with van der Waals surface area (Å²) in [5.41, 5.74) is 1.29. The molecule has 0 aliphatic rings. The number of hydrogen-bond donors (Lipinski definition) is 2. The van der Waals surface area contributed by atoms with Crippen LogP contribution in [0.15, 0.2) is 18.3 Å². The van der Waals surface area contributed by atoms with E-state index in [9.17, 15) is 9.90 Å². The van der Waals surface area contributed by atoms with E-state index < -0.39 is 0 Å². The maximum Gasteiger partial charge on any atom is 0.339 e. The molecule has 5 nitrogen and oxygen atoms in total. The van der Waals surface area contributed by atoms with Gasteiger partial charge in [0.15, 0.2) is 0 Å². The summed E-state index contributed by atoms with van der Waals surface area (Å²) < 4.78 is 4.61. The van der Waals surface area contributed by atoms with Crippen LogP contribution in [-0.4, -0.2) is 47.3 Å². The van der Waals surface area contributed by atoms with Crippen LogP contribution in [0.3, 0.4) is 0 Å². The summed E-state index contributed by atoms with van der Waals surface area (Å²) in [7, 11) is 1.34. The van der Waals surface area contributed by atoms with E-state index in [2.05, 4.69) is 15.0 Å². The van der Waals surface area contributed by atoms with Gasteiger partial charge in [-0.25, -0.2) is 4.79 Å². The topological polar surface area (TPSA) is 71.5 Å². The molecule has 0 aromatic carbocycles. The second kappa shape index (κ2) is 8.14. The number of methoxy groups -OCH3 is 1. The minimum atomic E-state index is -0.386. The first-order valence-electron chi connectivity index (χ1n) is 6.02. The minimum absolute atomic E-state index is 0.143. The highest BCUT2D eigenvalue weighted by Crippen LogP contribution is 2.11. The zero-order valence-corrected chi connectivity index (χ0v) is 12.2. The summed E-state index contributed by atoms with van der Waals surface area (Å²) in [5, 5.41) is 12.7. The fourth-order valence-corrected chi connectivity index (χ4v) is 2.25. The highest BCUT2D eigenvalue weighted by molar-refractivity contribution is 7.99. The quantitative estimate of drug-likeness (QED) is 0.730. The molecule has 0 spiro atoms. The summed E-state index contributed by atoms with van der Waals surface area (Å²) >= 11 is 1.63. The second-order valence-corrected chi connectivity index (χ2v) is 5.23. The van der Waals surface area contributed by atoms with Gasteiger partial charge in [-0.2, -0.15) is 11.8 Å². The monoisotopic (exact) mass is 284 g/mol. The van der Waals surface area contributed by atoms with Crippen molar-refractivity contribution in [1.82, 2.24) is 10.3 Å². The van der Waals surface area contributed by atoms with Crippen LogP contribution in [-0.2, 0) is 11.3 Å². The number of nitrogens with one attached hydrogen (secondary N) is 1. The molecule has 19 heavy (non-hydrogen) atoms. The van der Waals surface area contributed by atoms with Crippen LogP contribution in [0.4, 0.5) is 0 Å². The molecule has 2 unspecified atom stereocenters. The molecule has 0 radical (unpaired) electrons. The SMILES string of the molecule is COC(=O)c1ccc(CNC(C)C(CO)SC)nc1. The van der Waals surface area contributed by atoms with Crippen LogP contribution in [0.1, 0.15) is 23.0 Å². The molecule has 2 atom stereocenters. The zero-order valence-electron chi connectivity index (χ0n) is 11.4. The summed E-state index contributed by atoms with van der Waals surface area (Å²) in [5.74, 6) is -0.386. The molecule has 2 N–H and O–H groups in total. The van der Waals surface area contributed by atoms with E-state index in [-0.39, 0.29) is 23.9 Å². The zero-order chi connectivity index (χ0) is 14.3. The number of nitrogens with zero attached hydrogens (tertiary/aromatic N) is 1. The Labute approximate surface area is 117 Å². The van der Waals surface area contributed by atoms with Crippen molar-refractivity contribution >= 4 is 17.7 Å². The fourth-order valence-electron chi connectivity index (χ4n) is 1.60. The molecule has 0 bridgehead atoms. The molecule has 1 heterocycles. The number of pyridine rings is 1. The highest BCUT2D eigenvalue weighted by atomic mass is 32.2. The average Bonchev–Trinajstić information content (AvgIpc) is 2.46. The van der Waals surface area contributed by atoms with E-state index in [1.807, 2.05) is 13.2 Å². The lowest BCUT2D eigenvalue weighted by atomic mass is 10.2. The van der Waals surface area contributed by atoms with Crippen molar-refractivity contribution in [2.75, 3.05) is 20.0 Å². The predicted molar refractivity (Wildman–Crippen MR) is 76.3 cm³/mol. The van der Waals surface area contributed by atoms with Crippen LogP contribution in [0, 0.1) is 0 Å². The van der Waals surface area contributed by atoms with Gasteiger partial charge in [0.25, 0.3) is 0 Å². The van der Waals surface area contributed by atoms with Crippen molar-refractivity contribution in [3.63, 3.8) is 0 Å². The Morgan fingerprint density at radius 1 is 1.58 bits per heavy atom. The molecular formula is C13H20N2O3S. The Morgan fingerprint density at radius 3 is 2.79 bits per heavy atom. The van der Waals surface area contributed by atoms with E-state index in [1.54, 1.807) is 23.9 Å². The maximum atomic E-state index is 11.2. The van der Waals surface area contributed by atoms with Gasteiger partial charge in [-0.05, 0) is 25.3 Å². The number of aliphatic hydroxyl groups is 1. The molecule has 1 aromatic heterocycles. The van der Waals surface area contributed by atoms with Crippen LogP contribution in [0.2, 0.25) is 0 Å². The van der Waals surface area contributed by atoms with Gasteiger partial charge in [0.1, 0.15) is 0 Å². The van der Waals surface area contributed by atoms with Gasteiger partial charge in [-0.15, -0.1) is 0 Å². The third-order valence-corrected chi connectivity index (χ3v) is 4.05. The first-order valence-corrected chi connectivity index (χ1v) is 7.31. The van der Waals surface area contributed by atoms with Crippen molar-refractivity contribution in [2.45, 2.75) is 24.8 Å². The van der Waals surface area contributed by atoms with Gasteiger partial charge >= 0.3 is 5.97 Å².